The number of halogens is 4. The molecule has 1 heterocycles. The van der Waals surface area contributed by atoms with E-state index in [4.69, 9.17) is 11.6 Å². The average molecular weight is 320 g/mol. The first kappa shape index (κ1) is 12.3. The van der Waals surface area contributed by atoms with E-state index in [2.05, 4.69) is 26.2 Å². The summed E-state index contributed by atoms with van der Waals surface area (Å²) in [5.74, 6) is -1.47. The molecular formula is C11H6BrClF2N2. The highest BCUT2D eigenvalue weighted by Gasteiger charge is 2.10. The Morgan fingerprint density at radius 1 is 1.18 bits per heavy atom. The SMILES string of the molecule is Fc1cc(F)c(Nc2cncc(Br)c2)c(Cl)c1. The molecule has 0 spiro atoms. The number of anilines is 2. The summed E-state index contributed by atoms with van der Waals surface area (Å²) in [6.45, 7) is 0. The van der Waals surface area contributed by atoms with Crippen LogP contribution < -0.4 is 5.32 Å². The van der Waals surface area contributed by atoms with Crippen LogP contribution in [0.4, 0.5) is 20.2 Å². The number of nitrogens with one attached hydrogen (secondary N) is 1. The molecule has 1 aromatic carbocycles. The monoisotopic (exact) mass is 318 g/mol. The minimum atomic E-state index is -0.755. The van der Waals surface area contributed by atoms with Crippen LogP contribution >= 0.6 is 27.5 Å². The number of benzene rings is 1. The van der Waals surface area contributed by atoms with E-state index in [0.29, 0.717) is 5.69 Å². The van der Waals surface area contributed by atoms with E-state index < -0.39 is 11.6 Å². The van der Waals surface area contributed by atoms with Crippen LogP contribution in [-0.2, 0) is 0 Å². The van der Waals surface area contributed by atoms with Crippen LogP contribution in [-0.4, -0.2) is 4.98 Å². The number of nitrogens with zero attached hydrogens (tertiary/aromatic N) is 1. The van der Waals surface area contributed by atoms with Crippen molar-refractivity contribution in [2.45, 2.75) is 0 Å². The lowest BCUT2D eigenvalue weighted by Gasteiger charge is -2.09. The Balaban J connectivity index is 2.36. The van der Waals surface area contributed by atoms with Gasteiger partial charge in [0.05, 0.1) is 22.6 Å². The van der Waals surface area contributed by atoms with Crippen molar-refractivity contribution in [3.8, 4) is 0 Å². The molecule has 0 atom stereocenters. The maximum absolute atomic E-state index is 13.5. The first-order valence-corrected chi connectivity index (χ1v) is 5.75. The molecule has 2 nitrogen and oxygen atoms in total. The van der Waals surface area contributed by atoms with E-state index in [-0.39, 0.29) is 10.7 Å². The van der Waals surface area contributed by atoms with Crippen molar-refractivity contribution in [1.82, 2.24) is 4.98 Å². The lowest BCUT2D eigenvalue weighted by atomic mass is 10.3. The van der Waals surface area contributed by atoms with Crippen molar-refractivity contribution in [1.29, 1.82) is 0 Å². The van der Waals surface area contributed by atoms with Crippen LogP contribution in [0.15, 0.2) is 35.1 Å². The lowest BCUT2D eigenvalue weighted by Crippen LogP contribution is -1.96. The van der Waals surface area contributed by atoms with Crippen LogP contribution in [0.1, 0.15) is 0 Å². The molecule has 0 aliphatic heterocycles. The van der Waals surface area contributed by atoms with Crippen molar-refractivity contribution in [3.05, 3.63) is 51.7 Å². The van der Waals surface area contributed by atoms with Gasteiger partial charge in [-0.15, -0.1) is 0 Å². The lowest BCUT2D eigenvalue weighted by molar-refractivity contribution is 0.586. The van der Waals surface area contributed by atoms with Crippen LogP contribution in [0.5, 0.6) is 0 Å². The van der Waals surface area contributed by atoms with Crippen molar-refractivity contribution in [2.75, 3.05) is 5.32 Å². The van der Waals surface area contributed by atoms with Gasteiger partial charge in [0.1, 0.15) is 5.82 Å². The minimum Gasteiger partial charge on any atom is -0.351 e. The van der Waals surface area contributed by atoms with Gasteiger partial charge in [0.25, 0.3) is 0 Å². The molecule has 0 unspecified atom stereocenters. The predicted molar refractivity (Wildman–Crippen MR) is 66.6 cm³/mol. The fraction of sp³-hybridized carbons (Fsp3) is 0. The fourth-order valence-corrected chi connectivity index (χ4v) is 1.89. The molecule has 0 saturated heterocycles. The van der Waals surface area contributed by atoms with Crippen molar-refractivity contribution in [3.63, 3.8) is 0 Å². The first-order chi connectivity index (χ1) is 8.06. The molecule has 0 bridgehead atoms. The third-order valence-electron chi connectivity index (χ3n) is 1.98. The Kier molecular flexibility index (Phi) is 3.59. The Morgan fingerprint density at radius 3 is 2.59 bits per heavy atom. The van der Waals surface area contributed by atoms with Gasteiger partial charge >= 0.3 is 0 Å². The zero-order valence-corrected chi connectivity index (χ0v) is 10.7. The van der Waals surface area contributed by atoms with Crippen molar-refractivity contribution >= 4 is 38.9 Å². The minimum absolute atomic E-state index is 0.0213. The zero-order valence-electron chi connectivity index (χ0n) is 8.35. The van der Waals surface area contributed by atoms with Gasteiger partial charge in [0, 0.05) is 16.7 Å². The molecule has 6 heteroatoms. The highest BCUT2D eigenvalue weighted by atomic mass is 79.9. The van der Waals surface area contributed by atoms with E-state index >= 15 is 0 Å². The van der Waals surface area contributed by atoms with Crippen LogP contribution in [0.25, 0.3) is 0 Å². The molecule has 0 aliphatic rings. The quantitative estimate of drug-likeness (QED) is 0.880. The van der Waals surface area contributed by atoms with Gasteiger partial charge < -0.3 is 5.32 Å². The van der Waals surface area contributed by atoms with E-state index in [0.717, 1.165) is 16.6 Å². The molecular weight excluding hydrogens is 313 g/mol. The summed E-state index contributed by atoms with van der Waals surface area (Å²) >= 11 is 8.98. The molecule has 88 valence electrons. The van der Waals surface area contributed by atoms with Gasteiger partial charge in [-0.3, -0.25) is 4.98 Å². The van der Waals surface area contributed by atoms with Crippen molar-refractivity contribution in [2.24, 2.45) is 0 Å². The normalized spacial score (nSPS) is 10.4. The molecule has 0 radical (unpaired) electrons. The summed E-state index contributed by atoms with van der Waals surface area (Å²) in [5.41, 5.74) is 0.569. The summed E-state index contributed by atoms with van der Waals surface area (Å²) in [6.07, 6.45) is 3.09. The van der Waals surface area contributed by atoms with Crippen molar-refractivity contribution < 1.29 is 8.78 Å². The summed E-state index contributed by atoms with van der Waals surface area (Å²) in [5, 5.41) is 2.72. The third kappa shape index (κ3) is 2.92. The predicted octanol–water partition coefficient (Wildman–Crippen LogP) is 4.52. The van der Waals surface area contributed by atoms with E-state index in [9.17, 15) is 8.78 Å². The Morgan fingerprint density at radius 2 is 1.94 bits per heavy atom. The fourth-order valence-electron chi connectivity index (χ4n) is 1.29. The zero-order chi connectivity index (χ0) is 12.4. The first-order valence-electron chi connectivity index (χ1n) is 4.58. The van der Waals surface area contributed by atoms with E-state index in [1.54, 1.807) is 12.3 Å². The van der Waals surface area contributed by atoms with E-state index in [1.165, 1.54) is 6.20 Å². The summed E-state index contributed by atoms with van der Waals surface area (Å²) in [4.78, 5) is 3.91. The second kappa shape index (κ2) is 4.98. The van der Waals surface area contributed by atoms with E-state index in [1.807, 2.05) is 0 Å². The maximum Gasteiger partial charge on any atom is 0.151 e. The van der Waals surface area contributed by atoms with Gasteiger partial charge in [-0.2, -0.15) is 0 Å². The van der Waals surface area contributed by atoms with Gasteiger partial charge in [-0.1, -0.05) is 11.6 Å². The van der Waals surface area contributed by atoms with Gasteiger partial charge in [-0.25, -0.2) is 8.78 Å². The molecule has 0 fully saturated rings. The van der Waals surface area contributed by atoms with Gasteiger partial charge in [-0.05, 0) is 28.1 Å². The number of aromatic nitrogens is 1. The molecule has 2 rings (SSSR count). The second-order valence-corrected chi connectivity index (χ2v) is 4.58. The molecule has 0 amide bonds. The molecule has 1 N–H and O–H groups in total. The van der Waals surface area contributed by atoms with Gasteiger partial charge in [0.2, 0.25) is 0 Å². The number of pyridine rings is 1. The summed E-state index contributed by atoms with van der Waals surface area (Å²) < 4.78 is 27.1. The molecule has 1 aromatic heterocycles. The smallest absolute Gasteiger partial charge is 0.151 e. The second-order valence-electron chi connectivity index (χ2n) is 3.26. The maximum atomic E-state index is 13.5. The number of hydrogen-bond acceptors (Lipinski definition) is 2. The highest BCUT2D eigenvalue weighted by molar-refractivity contribution is 9.10. The average Bonchev–Trinajstić information content (AvgIpc) is 2.23. The van der Waals surface area contributed by atoms with Crippen LogP contribution in [0, 0.1) is 11.6 Å². The topological polar surface area (TPSA) is 24.9 Å². The summed E-state index contributed by atoms with van der Waals surface area (Å²) in [6, 6.07) is 3.50. The largest absolute Gasteiger partial charge is 0.351 e. The Labute approximate surface area is 110 Å². The van der Waals surface area contributed by atoms with Crippen LogP contribution in [0.3, 0.4) is 0 Å². The molecule has 0 aliphatic carbocycles. The highest BCUT2D eigenvalue weighted by Crippen LogP contribution is 2.29. The Bertz CT molecular complexity index is 540. The molecule has 0 saturated carbocycles. The molecule has 2 aromatic rings. The summed E-state index contributed by atoms with van der Waals surface area (Å²) in [7, 11) is 0. The number of rotatable bonds is 2. The molecule has 17 heavy (non-hydrogen) atoms. The third-order valence-corrected chi connectivity index (χ3v) is 2.71. The Hall–Kier alpha value is -1.20. The van der Waals surface area contributed by atoms with Crippen LogP contribution in [0.2, 0.25) is 5.02 Å². The standard InChI is InChI=1S/C11H6BrClF2N2/c12-6-1-8(5-16-4-6)17-11-9(13)2-7(14)3-10(11)15/h1-5,17H. The van der Waals surface area contributed by atoms with Gasteiger partial charge in [0.15, 0.2) is 5.82 Å². The number of hydrogen-bond donors (Lipinski definition) is 1.